The quantitative estimate of drug-likeness (QED) is 0.674. The van der Waals surface area contributed by atoms with Gasteiger partial charge in [0.2, 0.25) is 5.00 Å². The van der Waals surface area contributed by atoms with E-state index in [1.807, 2.05) is 12.1 Å². The molecule has 3 heteroatoms. The molecule has 0 radical (unpaired) electrons. The van der Waals surface area contributed by atoms with Crippen molar-refractivity contribution in [1.29, 1.82) is 0 Å². The van der Waals surface area contributed by atoms with E-state index in [1.165, 1.54) is 14.7 Å². The van der Waals surface area contributed by atoms with Gasteiger partial charge in [0.05, 0.1) is 10.8 Å². The van der Waals surface area contributed by atoms with Gasteiger partial charge in [-0.2, -0.15) is 0 Å². The van der Waals surface area contributed by atoms with Crippen LogP contribution in [0.5, 0.6) is 0 Å². The minimum absolute atomic E-state index is 0.754. The maximum Gasteiger partial charge on any atom is 0.242 e. The van der Waals surface area contributed by atoms with Gasteiger partial charge in [-0.05, 0) is 31.2 Å². The second kappa shape index (κ2) is 4.52. The third kappa shape index (κ3) is 2.62. The Morgan fingerprint density at radius 1 is 1.13 bits per heavy atom. The topological polar surface area (TPSA) is 4.36 Å². The van der Waals surface area contributed by atoms with Gasteiger partial charge in [0, 0.05) is 4.90 Å². The first-order chi connectivity index (χ1) is 7.28. The maximum absolute atomic E-state index is 6.89. The number of aryl methyl sites for hydroxylation is 1. The molecule has 0 bridgehead atoms. The van der Waals surface area contributed by atoms with Crippen LogP contribution in [0.3, 0.4) is 0 Å². The molecule has 1 aromatic carbocycles. The highest BCUT2D eigenvalue weighted by Gasteiger charge is 2.01. The molecule has 0 saturated heterocycles. The summed E-state index contributed by atoms with van der Waals surface area (Å²) < 4.78 is 1.17. The van der Waals surface area contributed by atoms with Crippen LogP contribution in [0.1, 0.15) is 5.56 Å². The summed E-state index contributed by atoms with van der Waals surface area (Å²) >= 11 is 3.25. The van der Waals surface area contributed by atoms with Crippen LogP contribution in [-0.2, 0) is 0 Å². The van der Waals surface area contributed by atoms with Crippen molar-refractivity contribution in [3.8, 4) is 0 Å². The van der Waals surface area contributed by atoms with Crippen LogP contribution in [0.25, 0.3) is 4.85 Å². The fraction of sp³-hybridized carbons (Fsp3) is 0.0833. The van der Waals surface area contributed by atoms with Crippen molar-refractivity contribution in [2.24, 2.45) is 0 Å². The Kier molecular flexibility index (Phi) is 3.10. The van der Waals surface area contributed by atoms with Crippen LogP contribution < -0.4 is 0 Å². The van der Waals surface area contributed by atoms with Crippen LogP contribution >= 0.6 is 23.1 Å². The average Bonchev–Trinajstić information content (AvgIpc) is 2.69. The molecule has 0 unspecified atom stereocenters. The van der Waals surface area contributed by atoms with E-state index >= 15 is 0 Å². The van der Waals surface area contributed by atoms with Crippen molar-refractivity contribution in [2.75, 3.05) is 0 Å². The van der Waals surface area contributed by atoms with Gasteiger partial charge in [-0.1, -0.05) is 29.5 Å². The summed E-state index contributed by atoms with van der Waals surface area (Å²) in [5.74, 6) is 0. The number of nitrogens with zero attached hydrogens (tertiary/aromatic N) is 1. The normalized spacial score (nSPS) is 9.87. The molecule has 2 rings (SSSR count). The largest absolute Gasteiger partial charge is 0.242 e. The van der Waals surface area contributed by atoms with Crippen LogP contribution in [0.15, 0.2) is 45.5 Å². The summed E-state index contributed by atoms with van der Waals surface area (Å²) in [6.07, 6.45) is 0. The fourth-order valence-electron chi connectivity index (χ4n) is 1.15. The molecule has 0 spiro atoms. The first-order valence-corrected chi connectivity index (χ1v) is 6.13. The standard InChI is InChI=1S/C12H9NS2/c1-9-3-5-10(6-4-9)14-12-8-7-11(13-2)15-12/h3-8H,1H3. The third-order valence-corrected chi connectivity index (χ3v) is 4.04. The van der Waals surface area contributed by atoms with E-state index in [4.69, 9.17) is 6.57 Å². The predicted molar refractivity (Wildman–Crippen MR) is 65.9 cm³/mol. The Morgan fingerprint density at radius 2 is 1.87 bits per heavy atom. The average molecular weight is 231 g/mol. The van der Waals surface area contributed by atoms with Gasteiger partial charge in [-0.15, -0.1) is 11.3 Å². The molecule has 0 aliphatic heterocycles. The molecule has 74 valence electrons. The fourth-order valence-corrected chi connectivity index (χ4v) is 3.02. The first kappa shape index (κ1) is 10.3. The SMILES string of the molecule is [C-]#[N+]c1ccc(Sc2ccc(C)cc2)s1. The van der Waals surface area contributed by atoms with Gasteiger partial charge >= 0.3 is 0 Å². The summed E-state index contributed by atoms with van der Waals surface area (Å²) in [5.41, 5.74) is 1.27. The Morgan fingerprint density at radius 3 is 2.47 bits per heavy atom. The van der Waals surface area contributed by atoms with E-state index in [1.54, 1.807) is 23.1 Å². The van der Waals surface area contributed by atoms with E-state index in [0.717, 1.165) is 5.00 Å². The molecule has 2 aromatic rings. The van der Waals surface area contributed by atoms with Gasteiger partial charge in [-0.25, -0.2) is 4.85 Å². The second-order valence-corrected chi connectivity index (χ2v) is 5.56. The molecule has 0 N–H and O–H groups in total. The Labute approximate surface area is 97.6 Å². The number of hydrogen-bond acceptors (Lipinski definition) is 2. The smallest absolute Gasteiger partial charge is 0.227 e. The van der Waals surface area contributed by atoms with Crippen LogP contribution in [0.2, 0.25) is 0 Å². The van der Waals surface area contributed by atoms with Crippen molar-refractivity contribution >= 4 is 28.1 Å². The lowest BCUT2D eigenvalue weighted by atomic mass is 10.2. The molecule has 0 fully saturated rings. The molecule has 0 saturated carbocycles. The van der Waals surface area contributed by atoms with Crippen molar-refractivity contribution < 1.29 is 0 Å². The molecule has 1 nitrogen and oxygen atoms in total. The Balaban J connectivity index is 2.15. The maximum atomic E-state index is 6.89. The Hall–Kier alpha value is -1.24. The number of hydrogen-bond donors (Lipinski definition) is 0. The zero-order valence-corrected chi connectivity index (χ0v) is 9.86. The second-order valence-electron chi connectivity index (χ2n) is 3.12. The molecule has 0 aliphatic carbocycles. The highest BCUT2D eigenvalue weighted by atomic mass is 32.2. The van der Waals surface area contributed by atoms with Crippen molar-refractivity contribution in [3.05, 3.63) is 53.4 Å². The van der Waals surface area contributed by atoms with Gasteiger partial charge in [-0.3, -0.25) is 0 Å². The zero-order valence-electron chi connectivity index (χ0n) is 8.23. The molecule has 0 aliphatic rings. The Bertz CT molecular complexity index is 491. The highest BCUT2D eigenvalue weighted by Crippen LogP contribution is 2.36. The molecule has 1 heterocycles. The van der Waals surface area contributed by atoms with Crippen molar-refractivity contribution in [3.63, 3.8) is 0 Å². The summed E-state index contributed by atoms with van der Waals surface area (Å²) in [5, 5.41) is 0.754. The highest BCUT2D eigenvalue weighted by molar-refractivity contribution is 8.01. The molecule has 1 aromatic heterocycles. The van der Waals surface area contributed by atoms with Crippen LogP contribution in [0.4, 0.5) is 5.00 Å². The minimum atomic E-state index is 0.754. The van der Waals surface area contributed by atoms with E-state index in [9.17, 15) is 0 Å². The lowest BCUT2D eigenvalue weighted by Crippen LogP contribution is -1.71. The number of rotatable bonds is 2. The van der Waals surface area contributed by atoms with E-state index in [0.29, 0.717) is 0 Å². The van der Waals surface area contributed by atoms with Crippen molar-refractivity contribution in [1.82, 2.24) is 0 Å². The van der Waals surface area contributed by atoms with Gasteiger partial charge in [0.15, 0.2) is 0 Å². The molecule has 0 amide bonds. The molecular weight excluding hydrogens is 222 g/mol. The van der Waals surface area contributed by atoms with E-state index in [2.05, 4.69) is 36.0 Å². The number of benzene rings is 1. The molecular formula is C12H9NS2. The summed E-state index contributed by atoms with van der Waals surface area (Å²) in [6, 6.07) is 12.3. The van der Waals surface area contributed by atoms with Crippen LogP contribution in [0, 0.1) is 13.5 Å². The van der Waals surface area contributed by atoms with Crippen molar-refractivity contribution in [2.45, 2.75) is 16.0 Å². The van der Waals surface area contributed by atoms with Crippen LogP contribution in [-0.4, -0.2) is 0 Å². The minimum Gasteiger partial charge on any atom is -0.227 e. The summed E-state index contributed by atoms with van der Waals surface area (Å²) in [7, 11) is 0. The van der Waals surface area contributed by atoms with E-state index < -0.39 is 0 Å². The predicted octanol–water partition coefficient (Wildman–Crippen LogP) is 4.76. The molecule has 0 atom stereocenters. The number of thiophene rings is 1. The third-order valence-electron chi connectivity index (χ3n) is 1.92. The summed E-state index contributed by atoms with van der Waals surface area (Å²) in [4.78, 5) is 4.62. The first-order valence-electron chi connectivity index (χ1n) is 4.50. The monoisotopic (exact) mass is 231 g/mol. The summed E-state index contributed by atoms with van der Waals surface area (Å²) in [6.45, 7) is 8.97. The zero-order chi connectivity index (χ0) is 10.7. The van der Waals surface area contributed by atoms with E-state index in [-0.39, 0.29) is 0 Å². The van der Waals surface area contributed by atoms with Gasteiger partial charge in [0.25, 0.3) is 0 Å². The van der Waals surface area contributed by atoms with Gasteiger partial charge < -0.3 is 0 Å². The lowest BCUT2D eigenvalue weighted by molar-refractivity contribution is 1.38. The molecule has 15 heavy (non-hydrogen) atoms. The van der Waals surface area contributed by atoms with Gasteiger partial charge in [0.1, 0.15) is 0 Å². The lowest BCUT2D eigenvalue weighted by Gasteiger charge is -1.98.